The Balaban J connectivity index is 5.68. The number of rotatable bonds is 29. The second-order valence-electron chi connectivity index (χ2n) is 4.84. The molecule has 61 heavy (non-hydrogen) atoms. The molecule has 0 aromatic carbocycles. The first-order chi connectivity index (χ1) is 27.8. The van der Waals surface area contributed by atoms with Crippen LogP contribution in [0.1, 0.15) is 0 Å². The summed E-state index contributed by atoms with van der Waals surface area (Å²) in [5.41, 5.74) is 0. The Labute approximate surface area is 761 Å². The van der Waals surface area contributed by atoms with E-state index >= 15 is 0 Å². The van der Waals surface area contributed by atoms with E-state index in [9.17, 15) is 0 Å². The Kier molecular flexibility index (Phi) is 108. The van der Waals surface area contributed by atoms with Crippen LogP contribution in [0.2, 0.25) is 0 Å². The molecule has 0 heterocycles. The fourth-order valence-electron chi connectivity index (χ4n) is 0.874. The van der Waals surface area contributed by atoms with E-state index < -0.39 is 229 Å². The summed E-state index contributed by atoms with van der Waals surface area (Å²) in [6.07, 6.45) is 0. The third-order valence-corrected chi connectivity index (χ3v) is 4660. The van der Waals surface area contributed by atoms with Crippen LogP contribution in [0.25, 0.3) is 0 Å². The molecule has 0 fully saturated rings. The summed E-state index contributed by atoms with van der Waals surface area (Å²) in [4.78, 5) is 2.67. The number of alkyl halides is 1. The predicted octanol–water partition coefficient (Wildman–Crippen LogP) is 49.4. The summed E-state index contributed by atoms with van der Waals surface area (Å²) in [6.45, 7) is 0. The first kappa shape index (κ1) is 105. The molecule has 0 spiro atoms. The molecule has 0 aliphatic rings. The molecule has 0 rings (SSSR count). The van der Waals surface area contributed by atoms with Gasteiger partial charge in [0.1, 0.15) is 0 Å². The van der Waals surface area contributed by atoms with Gasteiger partial charge in [-0.25, -0.2) is 0 Å². The molecule has 428 valence electrons. The summed E-state index contributed by atoms with van der Waals surface area (Å²) in [6, 6.07) is 0. The fraction of sp³-hybridized carbons (Fsp3) is 1.00. The zero-order valence-corrected chi connectivity index (χ0v) is 153. The van der Waals surface area contributed by atoms with Crippen LogP contribution in [0, 0.1) is 0 Å². The molecule has 0 aromatic heterocycles. The number of hydrogen-bond acceptors (Lipinski definition) is 0. The summed E-state index contributed by atoms with van der Waals surface area (Å²) in [7, 11) is -16.0. The van der Waals surface area contributed by atoms with Crippen molar-refractivity contribution in [2.24, 2.45) is 0 Å². The van der Waals surface area contributed by atoms with Gasteiger partial charge in [-0.15, -0.1) is 0 Å². The Morgan fingerprint density at radius 1 is 0.164 bits per heavy atom. The van der Waals surface area contributed by atoms with Crippen LogP contribution in [0.15, 0.2) is 0 Å². The average molecular weight is 7630 g/mol. The predicted molar refractivity (Wildman–Crippen MR) is 833 cm³/mol. The van der Waals surface area contributed by atoms with Crippen molar-refractivity contribution in [3.63, 3.8) is 0 Å². The van der Waals surface area contributed by atoms with E-state index in [4.69, 9.17) is 0 Å². The monoisotopic (exact) mass is 7630 g/mol. The second kappa shape index (κ2) is 63.1. The van der Waals surface area contributed by atoms with Crippen LogP contribution in [-0.2, 0) is 0 Å². The number of hydrogen-bond donors (Lipinski definition) is 0. The molecule has 0 amide bonds. The van der Waals surface area contributed by atoms with Gasteiger partial charge in [0.15, 0.2) is 0 Å². The summed E-state index contributed by atoms with van der Waals surface area (Å²) in [5, 5.41) is 0. The molecule has 0 nitrogen and oxygen atoms in total. The summed E-state index contributed by atoms with van der Waals surface area (Å²) in [5.74, 6) is 0. The van der Waals surface area contributed by atoms with Gasteiger partial charge in [-0.1, -0.05) is 0 Å². The van der Waals surface area contributed by atoms with Crippen LogP contribution >= 0.6 is 787 Å². The van der Waals surface area contributed by atoms with Gasteiger partial charge in [0.2, 0.25) is 0 Å². The van der Waals surface area contributed by atoms with E-state index in [0.29, 0.717) is 17.2 Å². The molecule has 0 bridgehead atoms. The van der Waals surface area contributed by atoms with Crippen LogP contribution in [0.4, 0.5) is 0 Å². The van der Waals surface area contributed by atoms with Crippen LogP contribution < -0.4 is 17.2 Å². The molecule has 60 heteroatoms. The van der Waals surface area contributed by atoms with Gasteiger partial charge in [0.25, 0.3) is 0 Å². The van der Waals surface area contributed by atoms with Crippen LogP contribution in [-0.4, -0.2) is 4.93 Å². The topological polar surface area (TPSA) is 0 Å². The molecule has 0 aliphatic carbocycles. The van der Waals surface area contributed by atoms with E-state index in [1.54, 1.807) is 0 Å². The van der Waals surface area contributed by atoms with Gasteiger partial charge in [-0.3, -0.25) is 0 Å². The van der Waals surface area contributed by atoms with Gasteiger partial charge in [0, 0.05) is 0 Å². The Morgan fingerprint density at radius 2 is 0.262 bits per heavy atom. The van der Waals surface area contributed by atoms with E-state index in [2.05, 4.69) is 563 Å². The second-order valence-corrected chi connectivity index (χ2v) is 1420. The zero-order chi connectivity index (χ0) is 48.5. The summed E-state index contributed by atoms with van der Waals surface area (Å²) < 4.78 is 0. The number of halogens is 60. The quantitative estimate of drug-likeness (QED) is 0.0517. The molecule has 0 unspecified atom stereocenters. The maximum absolute atomic E-state index is 3.42. The van der Waals surface area contributed by atoms with Crippen LogP contribution in [0.5, 0.6) is 0 Å². The van der Waals surface area contributed by atoms with Crippen molar-refractivity contribution in [1.82, 2.24) is 0 Å². The molecule has 0 radical (unpaired) electrons. The molecule has 0 aliphatic heterocycles. The Bertz CT molecular complexity index is 1140. The zero-order valence-electron chi connectivity index (χ0n) is 23.7. The van der Waals surface area contributed by atoms with E-state index in [1.165, 1.54) is 0 Å². The standard InChI is InChI=1S/CH3I60/c1-32-34(4)36(6)38(8)40(10)42(12)44(14)46(16)48(18)50(20)52(22)54(24)56(26)58(28)60(30)61(31)59(29)57(27)55(25)53(23)51(21)49(19)47(17)45(15)43(13)41(11)39(9)37(7)35(5)33(2)3/h1H3/q-1. The van der Waals surface area contributed by atoms with Gasteiger partial charge in [0.05, 0.1) is 0 Å². The first-order valence-corrected chi connectivity index (χ1v) is 382. The van der Waals surface area contributed by atoms with Crippen molar-refractivity contribution in [3.05, 3.63) is 0 Å². The van der Waals surface area contributed by atoms with Crippen molar-refractivity contribution in [3.8, 4) is 0 Å². The van der Waals surface area contributed by atoms with Crippen molar-refractivity contribution in [2.75, 3.05) is 4.93 Å². The first-order valence-electron chi connectivity index (χ1n) is 8.81. The van der Waals surface area contributed by atoms with Crippen molar-refractivity contribution in [2.45, 2.75) is 0 Å². The van der Waals surface area contributed by atoms with Crippen molar-refractivity contribution < 1.29 is 17.2 Å². The molecule has 0 N–H and O–H groups in total. The molecular formula is CH3I60-. The molecular weight excluding hydrogens is 7630 g/mol. The normalized spacial score (nSPS) is 18.9. The van der Waals surface area contributed by atoms with Gasteiger partial charge < -0.3 is 0 Å². The average Bonchev–Trinajstić information content (AvgIpc) is 3.26. The third-order valence-electron chi connectivity index (χ3n) is 2.39. The van der Waals surface area contributed by atoms with Gasteiger partial charge >= 0.3 is 810 Å². The van der Waals surface area contributed by atoms with Gasteiger partial charge in [-0.2, -0.15) is 0 Å². The van der Waals surface area contributed by atoms with Crippen molar-refractivity contribution in [1.29, 1.82) is 0 Å². The van der Waals surface area contributed by atoms with E-state index in [-0.39, 0.29) is 0 Å². The Morgan fingerprint density at radius 3 is 0.361 bits per heavy atom. The summed E-state index contributed by atoms with van der Waals surface area (Å²) >= 11 is 100. The third kappa shape index (κ3) is 43.2. The fourth-order valence-corrected chi connectivity index (χ4v) is 11400. The molecule has 0 saturated carbocycles. The maximum atomic E-state index is 3.42. The Hall–Kier alpha value is 43.8. The SMILES string of the molecule is C[I-]I(I)I(I)I(I)I(I)I(I)I(I)I(I)I(I)I(I)I(I)I(I)I(I)I(I)I(I)I(I)I(I)I(I)I(I)I(I)I(I)I(I)I(I)I(I)I(I)I(I)I(I)I(I)I(I)I(I)I. The van der Waals surface area contributed by atoms with E-state index in [1.807, 2.05) is 0 Å². The van der Waals surface area contributed by atoms with Crippen LogP contribution in [0.3, 0.4) is 0 Å². The minimum atomic E-state index is -0.603. The molecule has 0 atom stereocenters. The molecule has 0 aromatic rings. The van der Waals surface area contributed by atoms with Gasteiger partial charge in [-0.05, 0) is 0 Å². The minimum absolute atomic E-state index is 0.392. The molecule has 0 saturated heterocycles. The van der Waals surface area contributed by atoms with E-state index in [0.717, 1.165) is 0 Å². The van der Waals surface area contributed by atoms with Crippen molar-refractivity contribution >= 4 is 787 Å².